The van der Waals surface area contributed by atoms with Crippen molar-refractivity contribution in [3.05, 3.63) is 34.8 Å². The molecule has 36 heavy (non-hydrogen) atoms. The topological polar surface area (TPSA) is 92.3 Å². The predicted molar refractivity (Wildman–Crippen MR) is 127 cm³/mol. The molecule has 5 aliphatic rings. The van der Waals surface area contributed by atoms with Gasteiger partial charge in [0.05, 0.1) is 10.5 Å². The first kappa shape index (κ1) is 24.3. The Morgan fingerprint density at radius 2 is 1.69 bits per heavy atom. The third kappa shape index (κ3) is 4.05. The van der Waals surface area contributed by atoms with Gasteiger partial charge in [0.25, 0.3) is 0 Å². The van der Waals surface area contributed by atoms with Crippen molar-refractivity contribution < 1.29 is 26.4 Å². The fourth-order valence-electron chi connectivity index (χ4n) is 7.39. The zero-order valence-electron chi connectivity index (χ0n) is 19.5. The number of carbonyl (C=O) groups excluding carboxylic acids is 1. The van der Waals surface area contributed by atoms with Crippen LogP contribution in [0, 0.1) is 17.8 Å². The van der Waals surface area contributed by atoms with Gasteiger partial charge >= 0.3 is 6.18 Å². The number of carbonyl (C=O) groups is 1. The van der Waals surface area contributed by atoms with E-state index in [0.29, 0.717) is 11.6 Å². The lowest BCUT2D eigenvalue weighted by molar-refractivity contribution is -0.139. The quantitative estimate of drug-likeness (QED) is 0.587. The monoisotopic (exact) mass is 540 g/mol. The van der Waals surface area contributed by atoms with Crippen molar-refractivity contribution in [2.45, 2.75) is 73.9 Å². The third-order valence-electron chi connectivity index (χ3n) is 8.43. The van der Waals surface area contributed by atoms with E-state index in [1.54, 1.807) is 0 Å². The molecular formula is C24H27F3N4O3S2. The Labute approximate surface area is 211 Å². The second-order valence-corrected chi connectivity index (χ2v) is 13.7. The smallest absolute Gasteiger partial charge is 0.299 e. The summed E-state index contributed by atoms with van der Waals surface area (Å²) >= 11 is 1.35. The van der Waals surface area contributed by atoms with Gasteiger partial charge in [-0.05, 0) is 81.3 Å². The number of nitrogens with one attached hydrogen (secondary N) is 1. The maximum atomic E-state index is 13.5. The first-order valence-corrected chi connectivity index (χ1v) is 14.6. The molecule has 2 heterocycles. The number of sulfonamides is 1. The summed E-state index contributed by atoms with van der Waals surface area (Å²) in [6.45, 7) is -0.0265. The van der Waals surface area contributed by atoms with E-state index in [9.17, 15) is 26.4 Å². The van der Waals surface area contributed by atoms with Gasteiger partial charge in [-0.3, -0.25) is 10.1 Å². The fraction of sp³-hybridized carbons (Fsp3) is 0.625. The van der Waals surface area contributed by atoms with Gasteiger partial charge in [-0.25, -0.2) is 8.42 Å². The van der Waals surface area contributed by atoms with Crippen LogP contribution < -0.4 is 5.32 Å². The van der Waals surface area contributed by atoms with Crippen LogP contribution in [0.25, 0.3) is 0 Å². The molecular weight excluding hydrogens is 513 g/mol. The lowest BCUT2D eigenvalue weighted by atomic mass is 9.50. The Balaban J connectivity index is 1.21. The van der Waals surface area contributed by atoms with Gasteiger partial charge in [0.15, 0.2) is 0 Å². The highest BCUT2D eigenvalue weighted by molar-refractivity contribution is 7.89. The summed E-state index contributed by atoms with van der Waals surface area (Å²) in [5.41, 5.74) is -1.21. The number of nitrogens with zero attached hydrogens (tertiary/aromatic N) is 3. The van der Waals surface area contributed by atoms with Crippen LogP contribution in [0.5, 0.6) is 0 Å². The number of benzene rings is 1. The van der Waals surface area contributed by atoms with Crippen molar-refractivity contribution in [1.82, 2.24) is 14.5 Å². The van der Waals surface area contributed by atoms with Gasteiger partial charge in [0, 0.05) is 12.0 Å². The molecule has 1 aliphatic heterocycles. The highest BCUT2D eigenvalue weighted by Gasteiger charge is 2.53. The molecule has 0 unspecified atom stereocenters. The Morgan fingerprint density at radius 3 is 2.33 bits per heavy atom. The number of hydrogen-bond donors (Lipinski definition) is 1. The molecule has 1 aromatic carbocycles. The summed E-state index contributed by atoms with van der Waals surface area (Å²) in [7, 11) is -4.54. The molecule has 4 bridgehead atoms. The number of amides is 1. The van der Waals surface area contributed by atoms with Gasteiger partial charge in [0.2, 0.25) is 21.1 Å². The van der Waals surface area contributed by atoms with Crippen LogP contribution in [0.3, 0.4) is 0 Å². The number of anilines is 1. The summed E-state index contributed by atoms with van der Waals surface area (Å²) in [5, 5.41) is 12.6. The van der Waals surface area contributed by atoms with Crippen LogP contribution in [0.15, 0.2) is 29.2 Å². The van der Waals surface area contributed by atoms with Crippen molar-refractivity contribution >= 4 is 32.4 Å². The van der Waals surface area contributed by atoms with E-state index in [0.717, 1.165) is 64.5 Å². The highest BCUT2D eigenvalue weighted by atomic mass is 32.2. The van der Waals surface area contributed by atoms with Gasteiger partial charge in [0.1, 0.15) is 11.0 Å². The molecule has 4 aliphatic carbocycles. The fourth-order valence-corrected chi connectivity index (χ4v) is 10.2. The number of alkyl halides is 3. The van der Waals surface area contributed by atoms with E-state index < -0.39 is 38.6 Å². The molecule has 1 atom stereocenters. The Bertz CT molecular complexity index is 1260. The van der Waals surface area contributed by atoms with Gasteiger partial charge in [-0.15, -0.1) is 10.2 Å². The molecule has 0 spiro atoms. The molecule has 7 nitrogen and oxygen atoms in total. The maximum absolute atomic E-state index is 13.5. The van der Waals surface area contributed by atoms with Crippen molar-refractivity contribution in [3.8, 4) is 0 Å². The second-order valence-electron chi connectivity index (χ2n) is 10.9. The highest BCUT2D eigenvalue weighted by Crippen LogP contribution is 2.61. The Morgan fingerprint density at radius 1 is 1.06 bits per heavy atom. The minimum Gasteiger partial charge on any atom is -0.299 e. The molecule has 2 aromatic rings. The second kappa shape index (κ2) is 8.49. The van der Waals surface area contributed by atoms with Crippen LogP contribution >= 0.6 is 11.3 Å². The number of hydrogen-bond acceptors (Lipinski definition) is 6. The zero-order chi connectivity index (χ0) is 25.3. The van der Waals surface area contributed by atoms with Crippen LogP contribution in [0.4, 0.5) is 18.3 Å². The molecule has 1 amide bonds. The molecule has 194 valence electrons. The number of aromatic nitrogens is 2. The molecule has 0 radical (unpaired) electrons. The van der Waals surface area contributed by atoms with Gasteiger partial charge < -0.3 is 0 Å². The molecule has 5 fully saturated rings. The van der Waals surface area contributed by atoms with E-state index in [1.807, 2.05) is 0 Å². The lowest BCUT2D eigenvalue weighted by Gasteiger charge is -2.55. The average Bonchev–Trinajstić information content (AvgIpc) is 3.48. The summed E-state index contributed by atoms with van der Waals surface area (Å²) in [6.07, 6.45) is 2.97. The minimum absolute atomic E-state index is 0.0265. The molecule has 1 N–H and O–H groups in total. The third-order valence-corrected chi connectivity index (χ3v) is 11.5. The largest absolute Gasteiger partial charge is 0.417 e. The Kier molecular flexibility index (Phi) is 5.73. The molecule has 1 aromatic heterocycles. The van der Waals surface area contributed by atoms with Crippen LogP contribution in [-0.4, -0.2) is 41.4 Å². The van der Waals surface area contributed by atoms with Crippen LogP contribution in [0.1, 0.15) is 61.9 Å². The van der Waals surface area contributed by atoms with Gasteiger partial charge in [-0.1, -0.05) is 23.5 Å². The van der Waals surface area contributed by atoms with E-state index in [1.165, 1.54) is 36.7 Å². The SMILES string of the molecule is O=C(Nc1nnc(C23CC4CC(CC(C4)C2)C3)s1)[C@@H]1CCCN1S(=O)(=O)c1ccccc1C(F)(F)F. The first-order chi connectivity index (χ1) is 17.0. The van der Waals surface area contributed by atoms with E-state index in [4.69, 9.17) is 0 Å². The van der Waals surface area contributed by atoms with Crippen LogP contribution in [0.2, 0.25) is 0 Å². The standard InChI is InChI=1S/C24H27F3N4O3S2/c25-24(26,27)17-4-1-2-6-19(17)36(33,34)31-7-3-5-18(31)20(32)28-22-30-29-21(35-22)23-11-14-8-15(12-23)10-16(9-14)13-23/h1-2,4,6,14-16,18H,3,5,7-13H2,(H,28,30,32)/t14?,15?,16?,18-,23?/m0/s1. The van der Waals surface area contributed by atoms with Crippen LogP contribution in [-0.2, 0) is 26.4 Å². The molecule has 4 saturated carbocycles. The summed E-state index contributed by atoms with van der Waals surface area (Å²) in [6, 6.07) is 2.97. The number of halogens is 3. The van der Waals surface area contributed by atoms with Crippen molar-refractivity contribution in [2.24, 2.45) is 17.8 Å². The molecule has 1 saturated heterocycles. The lowest BCUT2D eigenvalue weighted by Crippen LogP contribution is -2.48. The van der Waals surface area contributed by atoms with Crippen molar-refractivity contribution in [3.63, 3.8) is 0 Å². The van der Waals surface area contributed by atoms with E-state index >= 15 is 0 Å². The molecule has 12 heteroatoms. The van der Waals surface area contributed by atoms with Crippen molar-refractivity contribution in [1.29, 1.82) is 0 Å². The summed E-state index contributed by atoms with van der Waals surface area (Å²) < 4.78 is 67.9. The minimum atomic E-state index is -4.83. The Hall–Kier alpha value is -2.05. The number of rotatable bonds is 5. The first-order valence-electron chi connectivity index (χ1n) is 12.4. The zero-order valence-corrected chi connectivity index (χ0v) is 21.1. The maximum Gasteiger partial charge on any atom is 0.417 e. The van der Waals surface area contributed by atoms with E-state index in [2.05, 4.69) is 15.5 Å². The van der Waals surface area contributed by atoms with E-state index in [-0.39, 0.29) is 18.4 Å². The predicted octanol–water partition coefficient (Wildman–Crippen LogP) is 4.82. The summed E-state index contributed by atoms with van der Waals surface area (Å²) in [5.74, 6) is 1.61. The van der Waals surface area contributed by atoms with Crippen molar-refractivity contribution in [2.75, 3.05) is 11.9 Å². The molecule has 7 rings (SSSR count). The van der Waals surface area contributed by atoms with Gasteiger partial charge in [-0.2, -0.15) is 17.5 Å². The summed E-state index contributed by atoms with van der Waals surface area (Å²) in [4.78, 5) is 12.3. The normalized spacial score (nSPS) is 32.2. The average molecular weight is 541 g/mol.